The normalized spacial score (nSPS) is 27.3. The zero-order valence-corrected chi connectivity index (χ0v) is 10.2. The third-order valence-corrected chi connectivity index (χ3v) is 4.24. The van der Waals surface area contributed by atoms with E-state index < -0.39 is 11.9 Å². The van der Waals surface area contributed by atoms with Gasteiger partial charge in [0.1, 0.15) is 12.3 Å². The summed E-state index contributed by atoms with van der Waals surface area (Å²) in [6.07, 6.45) is 0. The van der Waals surface area contributed by atoms with E-state index in [1.54, 1.807) is 16.7 Å². The van der Waals surface area contributed by atoms with Crippen molar-refractivity contribution in [3.8, 4) is 0 Å². The number of carbonyl (C=O) groups is 2. The molecule has 2 aliphatic rings. The molecule has 0 unspecified atom stereocenters. The summed E-state index contributed by atoms with van der Waals surface area (Å²) < 4.78 is 4.86. The summed E-state index contributed by atoms with van der Waals surface area (Å²) in [6.45, 7) is 1.89. The van der Waals surface area contributed by atoms with Gasteiger partial charge in [-0.15, -0.1) is 11.8 Å². The smallest absolute Gasteiger partial charge is 0.352 e. The second-order valence-corrected chi connectivity index (χ2v) is 5.16. The largest absolute Gasteiger partial charge is 0.477 e. The van der Waals surface area contributed by atoms with Crippen molar-refractivity contribution in [1.82, 2.24) is 4.90 Å². The van der Waals surface area contributed by atoms with Crippen LogP contribution in [0.3, 0.4) is 0 Å². The second-order valence-electron chi connectivity index (χ2n) is 4.06. The first-order chi connectivity index (χ1) is 8.00. The Hall–Kier alpha value is -1.21. The number of carboxylic acid groups (broad SMARTS) is 1. The van der Waals surface area contributed by atoms with Gasteiger partial charge >= 0.3 is 11.9 Å². The maximum atomic E-state index is 11.2. The molecule has 0 bridgehead atoms. The molecule has 0 aromatic carbocycles. The fourth-order valence-corrected chi connectivity index (χ4v) is 3.27. The lowest BCUT2D eigenvalue weighted by atomic mass is 10.1. The highest BCUT2D eigenvalue weighted by Crippen LogP contribution is 2.38. The van der Waals surface area contributed by atoms with Crippen molar-refractivity contribution < 1.29 is 19.4 Å². The average molecular weight is 258 g/mol. The summed E-state index contributed by atoms with van der Waals surface area (Å²) in [5.41, 5.74) is 6.69. The van der Waals surface area contributed by atoms with Gasteiger partial charge in [0.25, 0.3) is 0 Å². The van der Waals surface area contributed by atoms with Crippen LogP contribution in [0, 0.1) is 0 Å². The van der Waals surface area contributed by atoms with Crippen LogP contribution in [0.2, 0.25) is 0 Å². The summed E-state index contributed by atoms with van der Waals surface area (Å²) >= 11 is 1.59. The number of fused-ring (bicyclic) bond motifs is 1. The fraction of sp³-hybridized carbons (Fsp3) is 0.600. The standard InChI is InChI=1S/C10H14N2O4S/c1-5(13)16-3-6-4-17-9-7(11)2-12(9)8(6)10(14)15/h7,9H,2-4,11H2,1H3,(H,14,15)/t7-,9-/m1/s1. The summed E-state index contributed by atoms with van der Waals surface area (Å²) in [4.78, 5) is 23.7. The third kappa shape index (κ3) is 2.25. The van der Waals surface area contributed by atoms with Crippen LogP contribution in [0.1, 0.15) is 6.92 Å². The summed E-state index contributed by atoms with van der Waals surface area (Å²) in [7, 11) is 0. The van der Waals surface area contributed by atoms with Crippen molar-refractivity contribution in [1.29, 1.82) is 0 Å². The van der Waals surface area contributed by atoms with Crippen molar-refractivity contribution >= 4 is 23.7 Å². The molecule has 7 heteroatoms. The predicted octanol–water partition coefficient (Wildman–Crippen LogP) is -0.396. The Labute approximate surface area is 103 Å². The molecule has 2 atom stereocenters. The molecule has 1 fully saturated rings. The predicted molar refractivity (Wildman–Crippen MR) is 62.2 cm³/mol. The summed E-state index contributed by atoms with van der Waals surface area (Å²) in [6, 6.07) is 0.0182. The van der Waals surface area contributed by atoms with Gasteiger partial charge in [-0.05, 0) is 0 Å². The number of hydrogen-bond donors (Lipinski definition) is 2. The van der Waals surface area contributed by atoms with Crippen molar-refractivity contribution in [2.75, 3.05) is 18.9 Å². The van der Waals surface area contributed by atoms with E-state index in [1.165, 1.54) is 6.92 Å². The van der Waals surface area contributed by atoms with Crippen molar-refractivity contribution in [2.45, 2.75) is 18.3 Å². The highest BCUT2D eigenvalue weighted by atomic mass is 32.2. The van der Waals surface area contributed by atoms with Crippen LogP contribution in [-0.2, 0) is 14.3 Å². The molecule has 2 aliphatic heterocycles. The Bertz CT molecular complexity index is 396. The van der Waals surface area contributed by atoms with E-state index in [4.69, 9.17) is 10.5 Å². The highest BCUT2D eigenvalue weighted by Gasteiger charge is 2.44. The number of nitrogens with zero attached hydrogens (tertiary/aromatic N) is 1. The molecule has 2 heterocycles. The third-order valence-electron chi connectivity index (χ3n) is 2.78. The average Bonchev–Trinajstić information content (AvgIpc) is 2.23. The minimum absolute atomic E-state index is 0.0182. The maximum Gasteiger partial charge on any atom is 0.352 e. The number of aliphatic carboxylic acids is 1. The van der Waals surface area contributed by atoms with E-state index in [0.717, 1.165) is 0 Å². The molecule has 6 nitrogen and oxygen atoms in total. The van der Waals surface area contributed by atoms with E-state index in [1.807, 2.05) is 0 Å². The van der Waals surface area contributed by atoms with Gasteiger partial charge in [0.05, 0.1) is 11.4 Å². The van der Waals surface area contributed by atoms with Gasteiger partial charge in [-0.1, -0.05) is 0 Å². The van der Waals surface area contributed by atoms with Crippen LogP contribution in [0.25, 0.3) is 0 Å². The van der Waals surface area contributed by atoms with E-state index in [2.05, 4.69) is 0 Å². The number of carboxylic acids is 1. The number of carbonyl (C=O) groups excluding carboxylic acids is 1. The number of hydrogen-bond acceptors (Lipinski definition) is 6. The molecule has 2 rings (SSSR count). The molecule has 0 aromatic rings. The number of ether oxygens (including phenoxy) is 1. The van der Waals surface area contributed by atoms with Gasteiger partial charge < -0.3 is 20.5 Å². The van der Waals surface area contributed by atoms with Gasteiger partial charge in [-0.25, -0.2) is 4.79 Å². The Kier molecular flexibility index (Phi) is 3.30. The van der Waals surface area contributed by atoms with E-state index in [9.17, 15) is 14.7 Å². The lowest BCUT2D eigenvalue weighted by Crippen LogP contribution is -2.64. The minimum atomic E-state index is -0.982. The van der Waals surface area contributed by atoms with Crippen LogP contribution < -0.4 is 5.73 Å². The van der Waals surface area contributed by atoms with Crippen molar-refractivity contribution in [2.24, 2.45) is 5.73 Å². The first kappa shape index (κ1) is 12.3. The molecule has 0 spiro atoms. The van der Waals surface area contributed by atoms with Crippen molar-refractivity contribution in [3.63, 3.8) is 0 Å². The van der Waals surface area contributed by atoms with Crippen LogP contribution >= 0.6 is 11.8 Å². The molecule has 0 amide bonds. The molecule has 1 saturated heterocycles. The molecular weight excluding hydrogens is 244 g/mol. The Morgan fingerprint density at radius 3 is 2.88 bits per heavy atom. The first-order valence-electron chi connectivity index (χ1n) is 5.23. The lowest BCUT2D eigenvalue weighted by Gasteiger charge is -2.50. The van der Waals surface area contributed by atoms with Gasteiger partial charge in [0.2, 0.25) is 0 Å². The zero-order valence-electron chi connectivity index (χ0n) is 9.38. The molecule has 94 valence electrons. The fourth-order valence-electron chi connectivity index (χ4n) is 1.98. The van der Waals surface area contributed by atoms with Crippen LogP contribution in [0.5, 0.6) is 0 Å². The molecular formula is C10H14N2O4S. The molecule has 0 saturated carbocycles. The van der Waals surface area contributed by atoms with Crippen molar-refractivity contribution in [3.05, 3.63) is 11.3 Å². The monoisotopic (exact) mass is 258 g/mol. The van der Waals surface area contributed by atoms with Gasteiger partial charge in [-0.2, -0.15) is 0 Å². The number of esters is 1. The van der Waals surface area contributed by atoms with Crippen LogP contribution in [0.4, 0.5) is 0 Å². The lowest BCUT2D eigenvalue weighted by molar-refractivity contribution is -0.141. The van der Waals surface area contributed by atoms with Crippen LogP contribution in [0.15, 0.2) is 11.3 Å². The summed E-state index contributed by atoms with van der Waals surface area (Å²) in [5.74, 6) is -0.844. The summed E-state index contributed by atoms with van der Waals surface area (Å²) in [5, 5.41) is 9.24. The number of thioether (sulfide) groups is 1. The van der Waals surface area contributed by atoms with E-state index in [0.29, 0.717) is 17.9 Å². The quantitative estimate of drug-likeness (QED) is 0.665. The number of rotatable bonds is 3. The SMILES string of the molecule is CC(=O)OCC1=C(C(=O)O)N2C[C@@H](N)[C@H]2SC1. The van der Waals surface area contributed by atoms with E-state index in [-0.39, 0.29) is 23.7 Å². The highest BCUT2D eigenvalue weighted by molar-refractivity contribution is 8.00. The Morgan fingerprint density at radius 2 is 2.35 bits per heavy atom. The maximum absolute atomic E-state index is 11.2. The molecule has 0 aliphatic carbocycles. The molecule has 0 aromatic heterocycles. The zero-order chi connectivity index (χ0) is 12.6. The second kappa shape index (κ2) is 4.58. The van der Waals surface area contributed by atoms with Crippen LogP contribution in [-0.4, -0.2) is 52.3 Å². The topological polar surface area (TPSA) is 92.9 Å². The van der Waals surface area contributed by atoms with Gasteiger partial charge in [0, 0.05) is 24.8 Å². The molecule has 0 radical (unpaired) electrons. The van der Waals surface area contributed by atoms with Gasteiger partial charge in [0.15, 0.2) is 0 Å². The minimum Gasteiger partial charge on any atom is -0.477 e. The molecule has 17 heavy (non-hydrogen) atoms. The number of nitrogens with two attached hydrogens (primary N) is 1. The van der Waals surface area contributed by atoms with Gasteiger partial charge in [-0.3, -0.25) is 4.79 Å². The van der Waals surface area contributed by atoms with E-state index >= 15 is 0 Å². The first-order valence-corrected chi connectivity index (χ1v) is 6.28. The Morgan fingerprint density at radius 1 is 1.65 bits per heavy atom. The Balaban J connectivity index is 2.17. The molecule has 3 N–H and O–H groups in total.